The van der Waals surface area contributed by atoms with Crippen LogP contribution in [0.15, 0.2) is 24.4 Å². The Morgan fingerprint density at radius 1 is 1.26 bits per heavy atom. The SMILES string of the molecule is CCn1nccc1-c1cc(OC)c(OC)cc1C=O. The van der Waals surface area contributed by atoms with Crippen molar-refractivity contribution < 1.29 is 14.3 Å². The molecule has 0 saturated heterocycles. The molecular formula is C14H16N2O3. The molecule has 0 unspecified atom stereocenters. The maximum Gasteiger partial charge on any atom is 0.161 e. The molecule has 19 heavy (non-hydrogen) atoms. The largest absolute Gasteiger partial charge is 0.493 e. The Balaban J connectivity index is 2.65. The molecule has 0 atom stereocenters. The van der Waals surface area contributed by atoms with Crippen LogP contribution >= 0.6 is 0 Å². The number of carbonyl (C=O) groups excluding carboxylic acids is 1. The highest BCUT2D eigenvalue weighted by Crippen LogP contribution is 2.34. The molecule has 0 radical (unpaired) electrons. The number of ether oxygens (including phenoxy) is 2. The monoisotopic (exact) mass is 260 g/mol. The average molecular weight is 260 g/mol. The van der Waals surface area contributed by atoms with Crippen molar-refractivity contribution >= 4 is 6.29 Å². The molecule has 5 heteroatoms. The topological polar surface area (TPSA) is 53.4 Å². The normalized spacial score (nSPS) is 10.3. The third-order valence-electron chi connectivity index (χ3n) is 2.97. The zero-order valence-electron chi connectivity index (χ0n) is 11.2. The van der Waals surface area contributed by atoms with Gasteiger partial charge in [0.2, 0.25) is 0 Å². The predicted octanol–water partition coefficient (Wildman–Crippen LogP) is 2.40. The smallest absolute Gasteiger partial charge is 0.161 e. The Hall–Kier alpha value is -2.30. The van der Waals surface area contributed by atoms with Crippen LogP contribution in [0, 0.1) is 0 Å². The van der Waals surface area contributed by atoms with Gasteiger partial charge in [0.1, 0.15) is 0 Å². The fraction of sp³-hybridized carbons (Fsp3) is 0.286. The van der Waals surface area contributed by atoms with Crippen molar-refractivity contribution in [2.24, 2.45) is 0 Å². The van der Waals surface area contributed by atoms with E-state index >= 15 is 0 Å². The van der Waals surface area contributed by atoms with E-state index in [4.69, 9.17) is 9.47 Å². The first-order valence-corrected chi connectivity index (χ1v) is 5.98. The van der Waals surface area contributed by atoms with E-state index < -0.39 is 0 Å². The van der Waals surface area contributed by atoms with Gasteiger partial charge in [0.25, 0.3) is 0 Å². The predicted molar refractivity (Wildman–Crippen MR) is 71.8 cm³/mol. The van der Waals surface area contributed by atoms with E-state index in [1.807, 2.05) is 17.7 Å². The van der Waals surface area contributed by atoms with Gasteiger partial charge in [0.15, 0.2) is 17.8 Å². The van der Waals surface area contributed by atoms with Gasteiger partial charge < -0.3 is 9.47 Å². The van der Waals surface area contributed by atoms with Crippen molar-refractivity contribution in [2.75, 3.05) is 14.2 Å². The lowest BCUT2D eigenvalue weighted by molar-refractivity contribution is 0.112. The molecule has 0 spiro atoms. The first-order chi connectivity index (χ1) is 9.24. The Bertz CT molecular complexity index is 590. The van der Waals surface area contributed by atoms with Crippen LogP contribution in [0.2, 0.25) is 0 Å². The zero-order chi connectivity index (χ0) is 13.8. The van der Waals surface area contributed by atoms with Gasteiger partial charge in [-0.15, -0.1) is 0 Å². The average Bonchev–Trinajstić information content (AvgIpc) is 2.93. The van der Waals surface area contributed by atoms with Crippen molar-refractivity contribution in [3.63, 3.8) is 0 Å². The van der Waals surface area contributed by atoms with Crippen LogP contribution in [0.4, 0.5) is 0 Å². The van der Waals surface area contributed by atoms with Gasteiger partial charge >= 0.3 is 0 Å². The Morgan fingerprint density at radius 3 is 2.53 bits per heavy atom. The van der Waals surface area contributed by atoms with Crippen LogP contribution < -0.4 is 9.47 Å². The maximum atomic E-state index is 11.3. The molecule has 1 aromatic heterocycles. The van der Waals surface area contributed by atoms with Gasteiger partial charge in [-0.2, -0.15) is 5.10 Å². The van der Waals surface area contributed by atoms with Gasteiger partial charge in [-0.05, 0) is 25.1 Å². The number of aromatic nitrogens is 2. The second-order valence-corrected chi connectivity index (χ2v) is 3.94. The number of benzene rings is 1. The van der Waals surface area contributed by atoms with E-state index in [1.165, 1.54) is 0 Å². The van der Waals surface area contributed by atoms with Crippen molar-refractivity contribution in [2.45, 2.75) is 13.5 Å². The minimum atomic E-state index is 0.538. The van der Waals surface area contributed by atoms with Gasteiger partial charge in [0, 0.05) is 23.9 Å². The zero-order valence-corrected chi connectivity index (χ0v) is 11.2. The molecule has 2 rings (SSSR count). The molecule has 2 aromatic rings. The minimum absolute atomic E-state index is 0.538. The molecule has 100 valence electrons. The second-order valence-electron chi connectivity index (χ2n) is 3.94. The van der Waals surface area contributed by atoms with Crippen LogP contribution in [0.1, 0.15) is 17.3 Å². The summed E-state index contributed by atoms with van der Waals surface area (Å²) in [4.78, 5) is 11.3. The summed E-state index contributed by atoms with van der Waals surface area (Å²) in [5.41, 5.74) is 2.21. The standard InChI is InChI=1S/C14H16N2O3/c1-4-16-12(5-6-15-16)11-8-14(19-3)13(18-2)7-10(11)9-17/h5-9H,4H2,1-3H3. The van der Waals surface area contributed by atoms with E-state index in [1.54, 1.807) is 32.5 Å². The number of carbonyl (C=O) groups is 1. The number of hydrogen-bond donors (Lipinski definition) is 0. The minimum Gasteiger partial charge on any atom is -0.493 e. The Kier molecular flexibility index (Phi) is 3.85. The number of hydrogen-bond acceptors (Lipinski definition) is 4. The van der Waals surface area contributed by atoms with Crippen molar-refractivity contribution in [1.82, 2.24) is 9.78 Å². The summed E-state index contributed by atoms with van der Waals surface area (Å²) in [7, 11) is 3.11. The lowest BCUT2D eigenvalue weighted by Crippen LogP contribution is -2.02. The highest BCUT2D eigenvalue weighted by atomic mass is 16.5. The molecule has 0 aliphatic heterocycles. The highest BCUT2D eigenvalue weighted by Gasteiger charge is 2.14. The summed E-state index contributed by atoms with van der Waals surface area (Å²) in [5.74, 6) is 1.13. The number of aryl methyl sites for hydroxylation is 1. The van der Waals surface area contributed by atoms with Crippen LogP contribution in [0.25, 0.3) is 11.3 Å². The van der Waals surface area contributed by atoms with Gasteiger partial charge in [-0.1, -0.05) is 0 Å². The molecule has 0 aliphatic carbocycles. The van der Waals surface area contributed by atoms with Crippen LogP contribution in [0.3, 0.4) is 0 Å². The number of nitrogens with zero attached hydrogens (tertiary/aromatic N) is 2. The van der Waals surface area contributed by atoms with E-state index in [2.05, 4.69) is 5.10 Å². The fourth-order valence-electron chi connectivity index (χ4n) is 2.03. The van der Waals surface area contributed by atoms with Crippen molar-refractivity contribution in [3.05, 3.63) is 30.0 Å². The molecule has 0 fully saturated rings. The lowest BCUT2D eigenvalue weighted by Gasteiger charge is -2.13. The van der Waals surface area contributed by atoms with Crippen molar-refractivity contribution in [1.29, 1.82) is 0 Å². The summed E-state index contributed by atoms with van der Waals surface area (Å²) in [6.07, 6.45) is 2.52. The fourth-order valence-corrected chi connectivity index (χ4v) is 2.03. The first-order valence-electron chi connectivity index (χ1n) is 5.98. The van der Waals surface area contributed by atoms with Crippen LogP contribution in [-0.2, 0) is 6.54 Å². The molecule has 0 bridgehead atoms. The number of aldehydes is 1. The molecule has 1 aromatic carbocycles. The third kappa shape index (κ3) is 2.31. The van der Waals surface area contributed by atoms with E-state index in [-0.39, 0.29) is 0 Å². The molecule has 0 amide bonds. The first kappa shape index (κ1) is 13.1. The van der Waals surface area contributed by atoms with E-state index in [0.29, 0.717) is 17.1 Å². The maximum absolute atomic E-state index is 11.3. The van der Waals surface area contributed by atoms with Gasteiger partial charge in [-0.3, -0.25) is 9.48 Å². The highest BCUT2D eigenvalue weighted by molar-refractivity contribution is 5.88. The van der Waals surface area contributed by atoms with Crippen LogP contribution in [-0.4, -0.2) is 30.3 Å². The molecule has 1 heterocycles. The molecule has 0 N–H and O–H groups in total. The summed E-state index contributed by atoms with van der Waals surface area (Å²) < 4.78 is 12.3. The molecule has 5 nitrogen and oxygen atoms in total. The van der Waals surface area contributed by atoms with E-state index in [0.717, 1.165) is 24.1 Å². The summed E-state index contributed by atoms with van der Waals surface area (Å²) in [6, 6.07) is 5.34. The second kappa shape index (κ2) is 5.56. The summed E-state index contributed by atoms with van der Waals surface area (Å²) >= 11 is 0. The van der Waals surface area contributed by atoms with Crippen molar-refractivity contribution in [3.8, 4) is 22.8 Å². The van der Waals surface area contributed by atoms with E-state index in [9.17, 15) is 4.79 Å². The Morgan fingerprint density at radius 2 is 1.95 bits per heavy atom. The van der Waals surface area contributed by atoms with Gasteiger partial charge in [-0.25, -0.2) is 0 Å². The lowest BCUT2D eigenvalue weighted by atomic mass is 10.0. The summed E-state index contributed by atoms with van der Waals surface area (Å²) in [6.45, 7) is 2.73. The quantitative estimate of drug-likeness (QED) is 0.775. The molecule has 0 aliphatic rings. The third-order valence-corrected chi connectivity index (χ3v) is 2.97. The van der Waals surface area contributed by atoms with Crippen LogP contribution in [0.5, 0.6) is 11.5 Å². The number of rotatable bonds is 5. The Labute approximate surface area is 111 Å². The van der Waals surface area contributed by atoms with Gasteiger partial charge in [0.05, 0.1) is 19.9 Å². The molecule has 0 saturated carbocycles. The number of methoxy groups -OCH3 is 2. The summed E-state index contributed by atoms with van der Waals surface area (Å²) in [5, 5.41) is 4.21. The molecular weight excluding hydrogens is 244 g/mol.